The minimum absolute atomic E-state index is 0.109. The zero-order chi connectivity index (χ0) is 11.9. The van der Waals surface area contributed by atoms with E-state index >= 15 is 0 Å². The van der Waals surface area contributed by atoms with Gasteiger partial charge in [0.1, 0.15) is 5.82 Å². The molecule has 0 aliphatic heterocycles. The Hall–Kier alpha value is -1.85. The van der Waals surface area contributed by atoms with Gasteiger partial charge in [-0.15, -0.1) is 0 Å². The second kappa shape index (κ2) is 3.62. The topological polar surface area (TPSA) is 30.7 Å². The van der Waals surface area contributed by atoms with Crippen LogP contribution in [0.1, 0.15) is 5.82 Å². The highest BCUT2D eigenvalue weighted by molar-refractivity contribution is 5.56. The van der Waals surface area contributed by atoms with E-state index in [9.17, 15) is 13.2 Å². The number of aryl methyl sites for hydroxylation is 2. The Balaban J connectivity index is 2.65. The molecule has 0 amide bonds. The summed E-state index contributed by atoms with van der Waals surface area (Å²) in [5.41, 5.74) is -0.109. The van der Waals surface area contributed by atoms with Crippen LogP contribution in [0.3, 0.4) is 0 Å². The van der Waals surface area contributed by atoms with Gasteiger partial charge in [0.2, 0.25) is 0 Å². The maximum Gasteiger partial charge on any atom is 0.195 e. The van der Waals surface area contributed by atoms with E-state index in [2.05, 4.69) is 10.1 Å². The van der Waals surface area contributed by atoms with Crippen molar-refractivity contribution in [3.05, 3.63) is 35.4 Å². The van der Waals surface area contributed by atoms with Gasteiger partial charge in [-0.05, 0) is 19.1 Å². The first-order chi connectivity index (χ1) is 7.50. The number of rotatable bonds is 1. The van der Waals surface area contributed by atoms with E-state index in [1.54, 1.807) is 14.0 Å². The zero-order valence-corrected chi connectivity index (χ0v) is 8.63. The quantitative estimate of drug-likeness (QED) is 0.699. The maximum absolute atomic E-state index is 13.4. The summed E-state index contributed by atoms with van der Waals surface area (Å²) in [6.07, 6.45) is 0. The minimum Gasteiger partial charge on any atom is -0.249 e. The summed E-state index contributed by atoms with van der Waals surface area (Å²) in [4.78, 5) is 3.93. The smallest absolute Gasteiger partial charge is 0.195 e. The second-order valence-corrected chi connectivity index (χ2v) is 3.33. The van der Waals surface area contributed by atoms with Gasteiger partial charge in [-0.25, -0.2) is 22.8 Å². The van der Waals surface area contributed by atoms with Crippen LogP contribution in [0, 0.1) is 24.4 Å². The van der Waals surface area contributed by atoms with Crippen molar-refractivity contribution in [1.82, 2.24) is 14.8 Å². The molecule has 2 rings (SSSR count). The molecule has 3 nitrogen and oxygen atoms in total. The Morgan fingerprint density at radius 1 is 1.12 bits per heavy atom. The van der Waals surface area contributed by atoms with E-state index in [4.69, 9.17) is 0 Å². The molecule has 0 aliphatic rings. The molecule has 1 aromatic heterocycles. The molecule has 1 heterocycles. The summed E-state index contributed by atoms with van der Waals surface area (Å²) >= 11 is 0. The van der Waals surface area contributed by atoms with E-state index in [0.717, 1.165) is 12.1 Å². The number of benzene rings is 1. The average Bonchev–Trinajstić information content (AvgIpc) is 2.55. The van der Waals surface area contributed by atoms with Crippen LogP contribution in [-0.2, 0) is 7.05 Å². The fourth-order valence-electron chi connectivity index (χ4n) is 1.45. The fraction of sp³-hybridized carbons (Fsp3) is 0.200. The highest BCUT2D eigenvalue weighted by atomic mass is 19.2. The van der Waals surface area contributed by atoms with Gasteiger partial charge in [-0.2, -0.15) is 5.10 Å². The average molecular weight is 227 g/mol. The Kier molecular flexibility index (Phi) is 2.41. The van der Waals surface area contributed by atoms with E-state index in [1.165, 1.54) is 4.68 Å². The first-order valence-electron chi connectivity index (χ1n) is 4.52. The first kappa shape index (κ1) is 10.7. The zero-order valence-electron chi connectivity index (χ0n) is 8.63. The molecule has 16 heavy (non-hydrogen) atoms. The van der Waals surface area contributed by atoms with Crippen molar-refractivity contribution >= 4 is 0 Å². The summed E-state index contributed by atoms with van der Waals surface area (Å²) < 4.78 is 40.5. The van der Waals surface area contributed by atoms with Crippen molar-refractivity contribution in [2.45, 2.75) is 6.92 Å². The van der Waals surface area contributed by atoms with E-state index in [1.807, 2.05) is 0 Å². The number of hydrogen-bond donors (Lipinski definition) is 0. The van der Waals surface area contributed by atoms with Crippen molar-refractivity contribution in [3.63, 3.8) is 0 Å². The number of hydrogen-bond acceptors (Lipinski definition) is 2. The normalized spacial score (nSPS) is 10.8. The van der Waals surface area contributed by atoms with Crippen molar-refractivity contribution in [2.75, 3.05) is 0 Å². The summed E-state index contributed by atoms with van der Waals surface area (Å²) in [5.74, 6) is -3.38. The lowest BCUT2D eigenvalue weighted by molar-refractivity contribution is 0.448. The molecular formula is C10H8F3N3. The van der Waals surface area contributed by atoms with Crippen molar-refractivity contribution < 1.29 is 13.2 Å². The van der Waals surface area contributed by atoms with Gasteiger partial charge in [0.15, 0.2) is 23.3 Å². The molecule has 0 radical (unpaired) electrons. The molecule has 1 aromatic carbocycles. The number of nitrogens with zero attached hydrogens (tertiary/aromatic N) is 3. The minimum atomic E-state index is -1.50. The molecular weight excluding hydrogens is 219 g/mol. The van der Waals surface area contributed by atoms with Crippen LogP contribution < -0.4 is 0 Å². The molecule has 0 atom stereocenters. The molecule has 84 valence electrons. The molecule has 0 aliphatic carbocycles. The van der Waals surface area contributed by atoms with E-state index < -0.39 is 17.5 Å². The summed E-state index contributed by atoms with van der Waals surface area (Å²) in [6, 6.07) is 2.00. The summed E-state index contributed by atoms with van der Waals surface area (Å²) in [6.45, 7) is 1.63. The summed E-state index contributed by atoms with van der Waals surface area (Å²) in [5, 5.41) is 3.90. The van der Waals surface area contributed by atoms with Gasteiger partial charge in [-0.3, -0.25) is 0 Å². The lowest BCUT2D eigenvalue weighted by atomic mass is 10.2. The van der Waals surface area contributed by atoms with Crippen LogP contribution in [0.5, 0.6) is 0 Å². The fourth-order valence-corrected chi connectivity index (χ4v) is 1.45. The Labute approximate surface area is 89.5 Å². The second-order valence-electron chi connectivity index (χ2n) is 3.33. The number of aromatic nitrogens is 3. The first-order valence-corrected chi connectivity index (χ1v) is 4.52. The molecule has 0 fully saturated rings. The van der Waals surface area contributed by atoms with Gasteiger partial charge in [0.25, 0.3) is 0 Å². The predicted octanol–water partition coefficient (Wildman–Crippen LogP) is 2.21. The molecule has 0 saturated heterocycles. The van der Waals surface area contributed by atoms with Crippen LogP contribution in [0.15, 0.2) is 12.1 Å². The van der Waals surface area contributed by atoms with Gasteiger partial charge in [0, 0.05) is 7.05 Å². The van der Waals surface area contributed by atoms with Crippen molar-refractivity contribution in [3.8, 4) is 11.4 Å². The SMILES string of the molecule is Cc1nc(-c2ccc(F)c(F)c2F)n(C)n1. The third-order valence-corrected chi connectivity index (χ3v) is 2.15. The highest BCUT2D eigenvalue weighted by Crippen LogP contribution is 2.23. The molecule has 6 heteroatoms. The van der Waals surface area contributed by atoms with Crippen molar-refractivity contribution in [2.24, 2.45) is 7.05 Å². The van der Waals surface area contributed by atoms with Crippen LogP contribution in [0.2, 0.25) is 0 Å². The van der Waals surface area contributed by atoms with E-state index in [-0.39, 0.29) is 11.4 Å². The van der Waals surface area contributed by atoms with Crippen LogP contribution in [0.4, 0.5) is 13.2 Å². The van der Waals surface area contributed by atoms with E-state index in [0.29, 0.717) is 5.82 Å². The number of halogens is 3. The largest absolute Gasteiger partial charge is 0.249 e. The third kappa shape index (κ3) is 1.56. The lowest BCUT2D eigenvalue weighted by Gasteiger charge is -2.03. The van der Waals surface area contributed by atoms with Crippen LogP contribution >= 0.6 is 0 Å². The molecule has 0 N–H and O–H groups in total. The molecule has 0 spiro atoms. The van der Waals surface area contributed by atoms with Gasteiger partial charge >= 0.3 is 0 Å². The Morgan fingerprint density at radius 2 is 1.81 bits per heavy atom. The van der Waals surface area contributed by atoms with Crippen LogP contribution in [-0.4, -0.2) is 14.8 Å². The highest BCUT2D eigenvalue weighted by Gasteiger charge is 2.18. The van der Waals surface area contributed by atoms with Gasteiger partial charge in [0.05, 0.1) is 5.56 Å². The monoisotopic (exact) mass is 227 g/mol. The van der Waals surface area contributed by atoms with Crippen LogP contribution in [0.25, 0.3) is 11.4 Å². The molecule has 2 aromatic rings. The third-order valence-electron chi connectivity index (χ3n) is 2.15. The predicted molar refractivity (Wildman–Crippen MR) is 51.1 cm³/mol. The Morgan fingerprint density at radius 3 is 2.38 bits per heavy atom. The van der Waals surface area contributed by atoms with Gasteiger partial charge in [-0.1, -0.05) is 0 Å². The van der Waals surface area contributed by atoms with Gasteiger partial charge < -0.3 is 0 Å². The molecule has 0 saturated carbocycles. The standard InChI is InChI=1S/C10H8F3N3/c1-5-14-10(16(2)15-5)6-3-4-7(11)9(13)8(6)12/h3-4H,1-2H3. The summed E-state index contributed by atoms with van der Waals surface area (Å²) in [7, 11) is 1.55. The molecule has 0 unspecified atom stereocenters. The molecule has 0 bridgehead atoms. The Bertz CT molecular complexity index is 548. The lowest BCUT2D eigenvalue weighted by Crippen LogP contribution is -2.00. The van der Waals surface area contributed by atoms with Crippen molar-refractivity contribution in [1.29, 1.82) is 0 Å². The maximum atomic E-state index is 13.4.